The van der Waals surface area contributed by atoms with Crippen LogP contribution in [0.3, 0.4) is 0 Å². The van der Waals surface area contributed by atoms with Crippen molar-refractivity contribution >= 4 is 29.9 Å². The van der Waals surface area contributed by atoms with Crippen molar-refractivity contribution in [2.24, 2.45) is 0 Å². The summed E-state index contributed by atoms with van der Waals surface area (Å²) in [6.45, 7) is 0. The predicted octanol–water partition coefficient (Wildman–Crippen LogP) is 3.71. The van der Waals surface area contributed by atoms with Crippen LogP contribution in [0.5, 0.6) is 11.5 Å². The Hall–Kier alpha value is -3.87. The molecule has 0 bridgehead atoms. The third kappa shape index (κ3) is 4.35. The lowest BCUT2D eigenvalue weighted by molar-refractivity contribution is -0.112. The number of hydrogen-bond acceptors (Lipinski definition) is 5. The average molecular weight is 394 g/mol. The molecule has 0 spiro atoms. The molecule has 148 valence electrons. The molecule has 0 unspecified atom stereocenters. The van der Waals surface area contributed by atoms with E-state index in [1.54, 1.807) is 12.2 Å². The highest BCUT2D eigenvalue weighted by molar-refractivity contribution is 6.14. The van der Waals surface area contributed by atoms with Crippen LogP contribution in [0.15, 0.2) is 47.5 Å². The van der Waals surface area contributed by atoms with Gasteiger partial charge in [-0.2, -0.15) is 0 Å². The van der Waals surface area contributed by atoms with Crippen LogP contribution in [0.25, 0.3) is 12.2 Å². The van der Waals surface area contributed by atoms with Crippen molar-refractivity contribution < 1.29 is 34.8 Å². The highest BCUT2D eigenvalue weighted by Crippen LogP contribution is 2.30. The molecule has 2 aromatic rings. The lowest BCUT2D eigenvalue weighted by Gasteiger charge is -2.17. The van der Waals surface area contributed by atoms with Crippen molar-refractivity contribution in [3.05, 3.63) is 69.8 Å². The van der Waals surface area contributed by atoms with Crippen LogP contribution in [0.4, 0.5) is 0 Å². The van der Waals surface area contributed by atoms with Crippen molar-refractivity contribution in [1.29, 1.82) is 0 Å². The summed E-state index contributed by atoms with van der Waals surface area (Å²) >= 11 is 0. The van der Waals surface area contributed by atoms with Crippen LogP contribution in [-0.4, -0.2) is 38.1 Å². The van der Waals surface area contributed by atoms with Crippen LogP contribution in [0, 0.1) is 0 Å². The molecule has 0 aromatic heterocycles. The number of benzene rings is 2. The van der Waals surface area contributed by atoms with Crippen LogP contribution >= 0.6 is 0 Å². The van der Waals surface area contributed by atoms with E-state index in [9.17, 15) is 24.6 Å². The summed E-state index contributed by atoms with van der Waals surface area (Å²) in [5.74, 6) is -3.41. The predicted molar refractivity (Wildman–Crippen MR) is 105 cm³/mol. The van der Waals surface area contributed by atoms with Crippen molar-refractivity contribution in [1.82, 2.24) is 0 Å². The zero-order chi connectivity index (χ0) is 21.1. The Bertz CT molecular complexity index is 993. The maximum absolute atomic E-state index is 12.8. The third-order valence-electron chi connectivity index (χ3n) is 4.66. The Kier molecular flexibility index (Phi) is 5.50. The number of ketones is 1. The number of carboxylic acids is 2. The molecular weight excluding hydrogens is 376 g/mol. The number of aromatic hydroxyl groups is 2. The molecule has 1 saturated carbocycles. The Morgan fingerprint density at radius 3 is 1.52 bits per heavy atom. The summed E-state index contributed by atoms with van der Waals surface area (Å²) in [6, 6.07) is 8.19. The van der Waals surface area contributed by atoms with Crippen LogP contribution in [-0.2, 0) is 4.79 Å². The molecule has 7 nitrogen and oxygen atoms in total. The highest BCUT2D eigenvalue weighted by atomic mass is 16.4. The minimum absolute atomic E-state index is 0.181. The molecule has 3 rings (SSSR count). The standard InChI is InChI=1S/C22H18O7/c23-18-10-12(4-6-16(18)21(26)27)8-14-2-1-3-15(20(14)25)9-13-5-7-17(22(28)29)19(24)11-13/h4-11,23-24H,1-3H2,(H,26,27)(H,28,29). The minimum Gasteiger partial charge on any atom is -0.507 e. The quantitative estimate of drug-likeness (QED) is 0.581. The summed E-state index contributed by atoms with van der Waals surface area (Å²) in [5.41, 5.74) is 1.65. The second-order valence-corrected chi connectivity index (χ2v) is 6.69. The summed E-state index contributed by atoms with van der Waals surface area (Å²) in [5, 5.41) is 37.6. The van der Waals surface area contributed by atoms with Gasteiger partial charge in [-0.1, -0.05) is 12.1 Å². The molecule has 0 heterocycles. The number of phenols is 2. The SMILES string of the molecule is O=C1C(=Cc2ccc(C(=O)O)c(O)c2)CCCC1=Cc1ccc(C(=O)O)c(O)c1. The highest BCUT2D eigenvalue weighted by Gasteiger charge is 2.21. The van der Waals surface area contributed by atoms with E-state index in [2.05, 4.69) is 0 Å². The molecule has 2 aromatic carbocycles. The molecule has 1 fully saturated rings. The fourth-order valence-electron chi connectivity index (χ4n) is 3.22. The lowest BCUT2D eigenvalue weighted by Crippen LogP contribution is -2.12. The number of carboxylic acid groups (broad SMARTS) is 2. The van der Waals surface area contributed by atoms with Gasteiger partial charge in [0.15, 0.2) is 5.78 Å². The van der Waals surface area contributed by atoms with E-state index in [1.807, 2.05) is 0 Å². The van der Waals surface area contributed by atoms with E-state index in [0.29, 0.717) is 35.1 Å². The first-order valence-electron chi connectivity index (χ1n) is 8.84. The number of carbonyl (C=O) groups is 3. The van der Waals surface area contributed by atoms with Crippen LogP contribution in [0.1, 0.15) is 51.1 Å². The number of Topliss-reactive ketones (excluding diaryl/α,β-unsaturated/α-hetero) is 1. The van der Waals surface area contributed by atoms with Gasteiger partial charge in [0.05, 0.1) is 0 Å². The Morgan fingerprint density at radius 2 is 1.17 bits per heavy atom. The Balaban J connectivity index is 1.88. The number of carbonyl (C=O) groups excluding carboxylic acids is 1. The van der Waals surface area contributed by atoms with Crippen molar-refractivity contribution in [2.45, 2.75) is 19.3 Å². The number of allylic oxidation sites excluding steroid dienone is 2. The van der Waals surface area contributed by atoms with Crippen molar-refractivity contribution in [2.75, 3.05) is 0 Å². The fraction of sp³-hybridized carbons (Fsp3) is 0.136. The molecule has 7 heteroatoms. The van der Waals surface area contributed by atoms with Gasteiger partial charge in [-0.3, -0.25) is 4.79 Å². The topological polar surface area (TPSA) is 132 Å². The van der Waals surface area contributed by atoms with Crippen LogP contribution < -0.4 is 0 Å². The van der Waals surface area contributed by atoms with E-state index in [4.69, 9.17) is 10.2 Å². The van der Waals surface area contributed by atoms with Crippen LogP contribution in [0.2, 0.25) is 0 Å². The largest absolute Gasteiger partial charge is 0.507 e. The normalized spacial score (nSPS) is 16.9. The maximum Gasteiger partial charge on any atom is 0.339 e. The summed E-state index contributed by atoms with van der Waals surface area (Å²) in [6.07, 6.45) is 5.04. The van der Waals surface area contributed by atoms with Gasteiger partial charge in [-0.25, -0.2) is 9.59 Å². The van der Waals surface area contributed by atoms with Crippen molar-refractivity contribution in [3.8, 4) is 11.5 Å². The van der Waals surface area contributed by atoms with Gasteiger partial charge in [0, 0.05) is 11.1 Å². The molecule has 0 atom stereocenters. The molecule has 0 radical (unpaired) electrons. The summed E-state index contributed by atoms with van der Waals surface area (Å²) in [7, 11) is 0. The molecular formula is C22H18O7. The molecule has 0 saturated heterocycles. The molecule has 1 aliphatic carbocycles. The van der Waals surface area contributed by atoms with E-state index >= 15 is 0 Å². The maximum atomic E-state index is 12.8. The van der Waals surface area contributed by atoms with E-state index in [1.165, 1.54) is 36.4 Å². The number of hydrogen-bond donors (Lipinski definition) is 4. The van der Waals surface area contributed by atoms with E-state index < -0.39 is 11.9 Å². The summed E-state index contributed by atoms with van der Waals surface area (Å²) < 4.78 is 0. The van der Waals surface area contributed by atoms with Gasteiger partial charge >= 0.3 is 11.9 Å². The fourth-order valence-corrected chi connectivity index (χ4v) is 3.22. The molecule has 0 amide bonds. The Labute approximate surface area is 165 Å². The third-order valence-corrected chi connectivity index (χ3v) is 4.66. The first kappa shape index (κ1) is 19.9. The van der Waals surface area contributed by atoms with Gasteiger partial charge in [0.1, 0.15) is 22.6 Å². The van der Waals surface area contributed by atoms with Gasteiger partial charge in [0.2, 0.25) is 0 Å². The Morgan fingerprint density at radius 1 is 0.759 bits per heavy atom. The lowest BCUT2D eigenvalue weighted by atomic mass is 9.86. The average Bonchev–Trinajstić information content (AvgIpc) is 2.64. The monoisotopic (exact) mass is 394 g/mol. The number of aromatic carboxylic acids is 2. The first-order valence-corrected chi connectivity index (χ1v) is 8.84. The van der Waals surface area contributed by atoms with E-state index in [-0.39, 0.29) is 28.4 Å². The summed E-state index contributed by atoms with van der Waals surface area (Å²) in [4.78, 5) is 34.8. The minimum atomic E-state index is -1.24. The van der Waals surface area contributed by atoms with Gasteiger partial charge in [-0.15, -0.1) is 0 Å². The molecule has 29 heavy (non-hydrogen) atoms. The molecule has 1 aliphatic rings. The zero-order valence-corrected chi connectivity index (χ0v) is 15.3. The van der Waals surface area contributed by atoms with E-state index in [0.717, 1.165) is 6.42 Å². The van der Waals surface area contributed by atoms with Gasteiger partial charge in [-0.05, 0) is 66.8 Å². The second kappa shape index (κ2) is 8.02. The first-order chi connectivity index (χ1) is 13.8. The second-order valence-electron chi connectivity index (χ2n) is 6.69. The number of rotatable bonds is 4. The smallest absolute Gasteiger partial charge is 0.339 e. The van der Waals surface area contributed by atoms with Gasteiger partial charge < -0.3 is 20.4 Å². The molecule has 0 aliphatic heterocycles. The van der Waals surface area contributed by atoms with Crippen molar-refractivity contribution in [3.63, 3.8) is 0 Å². The molecule has 4 N–H and O–H groups in total. The zero-order valence-electron chi connectivity index (χ0n) is 15.3. The van der Waals surface area contributed by atoms with Gasteiger partial charge in [0.25, 0.3) is 0 Å².